The molecule has 0 heterocycles. The maximum atomic E-state index is 6.15. The molecule has 2 heteroatoms. The van der Waals surface area contributed by atoms with Gasteiger partial charge in [0.2, 0.25) is 0 Å². The van der Waals surface area contributed by atoms with E-state index < -0.39 is 6.60 Å². The molecular formula is C47H41OP. The Labute approximate surface area is 289 Å². The summed E-state index contributed by atoms with van der Waals surface area (Å²) in [5.41, 5.74) is 1.29. The fourth-order valence-electron chi connectivity index (χ4n) is 8.08. The van der Waals surface area contributed by atoms with Crippen LogP contribution >= 0.6 is 6.60 Å². The van der Waals surface area contributed by atoms with Gasteiger partial charge in [-0.3, -0.25) is 0 Å². The summed E-state index contributed by atoms with van der Waals surface area (Å²) in [5, 5.41) is 13.2. The summed E-state index contributed by atoms with van der Waals surface area (Å²) >= 11 is 0. The van der Waals surface area contributed by atoms with Gasteiger partial charge in [0.1, 0.15) is 0 Å². The van der Waals surface area contributed by atoms with Gasteiger partial charge in [-0.1, -0.05) is 0 Å². The molecule has 8 aromatic carbocycles. The average Bonchev–Trinajstić information content (AvgIpc) is 3.18. The van der Waals surface area contributed by atoms with Gasteiger partial charge in [0.25, 0.3) is 0 Å². The molecule has 0 atom stereocenters. The maximum absolute atomic E-state index is 6.15. The number of fused-ring (bicyclic) bond motifs is 4. The Morgan fingerprint density at radius 2 is 1.00 bits per heavy atom. The van der Waals surface area contributed by atoms with E-state index >= 15 is 0 Å². The van der Waals surface area contributed by atoms with Crippen molar-refractivity contribution in [3.8, 4) is 5.75 Å². The molecule has 0 aliphatic heterocycles. The monoisotopic (exact) mass is 652 g/mol. The van der Waals surface area contributed by atoms with Crippen LogP contribution in [0.5, 0.6) is 5.75 Å². The van der Waals surface area contributed by atoms with Crippen LogP contribution in [0.15, 0.2) is 182 Å². The van der Waals surface area contributed by atoms with Crippen molar-refractivity contribution in [3.63, 3.8) is 0 Å². The second kappa shape index (κ2) is 13.0. The summed E-state index contributed by atoms with van der Waals surface area (Å²) in [6.45, 7) is -0.639. The quantitative estimate of drug-likeness (QED) is 0.0618. The molecule has 0 saturated heterocycles. The number of hydrogen-bond acceptors (Lipinski definition) is 1. The molecule has 0 aliphatic rings. The topological polar surface area (TPSA) is 9.23 Å². The normalized spacial score (nSPS) is 12.6. The first kappa shape index (κ1) is 31.1. The Kier molecular flexibility index (Phi) is 8.24. The number of hydrogen-bond donors (Lipinski definition) is 0. The van der Waals surface area contributed by atoms with E-state index in [2.05, 4.69) is 189 Å². The van der Waals surface area contributed by atoms with Crippen LogP contribution in [0.1, 0.15) is 25.3 Å². The van der Waals surface area contributed by atoms with Crippen LogP contribution in [0.3, 0.4) is 0 Å². The minimum absolute atomic E-state index is 0.741. The van der Waals surface area contributed by atoms with Crippen LogP contribution in [0.25, 0.3) is 32.3 Å². The molecule has 0 radical (unpaired) electrons. The summed E-state index contributed by atoms with van der Waals surface area (Å²) in [5.74, 6) is 0.930. The van der Waals surface area contributed by atoms with Crippen LogP contribution in [0.2, 0.25) is 0 Å². The molecular weight excluding hydrogens is 611 g/mol. The van der Waals surface area contributed by atoms with Gasteiger partial charge in [-0.25, -0.2) is 0 Å². The van der Waals surface area contributed by atoms with Crippen LogP contribution < -0.4 is 26.0 Å². The van der Waals surface area contributed by atoms with Crippen LogP contribution in [0, 0.1) is 0 Å². The van der Waals surface area contributed by atoms with Crippen molar-refractivity contribution in [1.82, 2.24) is 0 Å². The number of rotatable bonds is 10. The SMILES string of the molecule is CCCCOc1ccc(CP(c2ccccc2)(c2ccccc2)(c2ccccc2)c2cccc3ccc4cc5ccccc5cc4c23)cc1. The summed E-state index contributed by atoms with van der Waals surface area (Å²) in [7, 11) is 0. The zero-order chi connectivity index (χ0) is 33.1. The van der Waals surface area contributed by atoms with Gasteiger partial charge in [0.05, 0.1) is 0 Å². The fourth-order valence-corrected chi connectivity index (χ4v) is 15.1. The van der Waals surface area contributed by atoms with E-state index in [0.29, 0.717) is 0 Å². The Morgan fingerprint density at radius 1 is 0.469 bits per heavy atom. The van der Waals surface area contributed by atoms with Gasteiger partial charge in [0, 0.05) is 0 Å². The van der Waals surface area contributed by atoms with Gasteiger partial charge in [0.15, 0.2) is 0 Å². The Balaban J connectivity index is 1.55. The molecule has 0 aromatic heterocycles. The van der Waals surface area contributed by atoms with E-state index in [-0.39, 0.29) is 0 Å². The molecule has 0 aliphatic carbocycles. The molecule has 0 unspecified atom stereocenters. The van der Waals surface area contributed by atoms with E-state index in [1.54, 1.807) is 0 Å². The second-order valence-corrected chi connectivity index (χ2v) is 18.1. The third kappa shape index (κ3) is 5.13. The second-order valence-electron chi connectivity index (χ2n) is 13.2. The Bertz CT molecular complexity index is 2270. The van der Waals surface area contributed by atoms with Crippen LogP contribution in [-0.2, 0) is 6.16 Å². The first-order valence-electron chi connectivity index (χ1n) is 17.5. The van der Waals surface area contributed by atoms with E-state index in [1.165, 1.54) is 59.1 Å². The Hall–Kier alpha value is -5.23. The summed E-state index contributed by atoms with van der Waals surface area (Å²) < 4.78 is 6.15. The van der Waals surface area contributed by atoms with Crippen molar-refractivity contribution >= 4 is 60.1 Å². The number of ether oxygens (including phenoxy) is 1. The van der Waals surface area contributed by atoms with E-state index in [0.717, 1.165) is 31.4 Å². The van der Waals surface area contributed by atoms with Crippen molar-refractivity contribution in [2.75, 3.05) is 6.61 Å². The molecule has 0 spiro atoms. The van der Waals surface area contributed by atoms with Gasteiger partial charge >= 0.3 is 291 Å². The molecule has 0 fully saturated rings. The van der Waals surface area contributed by atoms with Gasteiger partial charge < -0.3 is 0 Å². The number of unbranched alkanes of at least 4 members (excludes halogenated alkanes) is 1. The minimum atomic E-state index is -3.58. The average molecular weight is 653 g/mol. The standard InChI is InChI=1S/C47H41OP/c1-2-3-32-48-41-30-26-36(27-31-41)35-49(42-19-7-4-8-20-42,43-21-9-5-10-22-43,44-23-11-6-12-24-44)46-25-15-18-37-28-29-40-33-38-16-13-14-17-39(38)34-45(40)47(37)46/h4-31,33-34H,2-3,32,35H2,1H3. The molecule has 240 valence electrons. The molecule has 8 aromatic rings. The first-order valence-corrected chi connectivity index (χ1v) is 19.9. The predicted octanol–water partition coefficient (Wildman–Crippen LogP) is 10.7. The number of benzene rings is 8. The zero-order valence-corrected chi connectivity index (χ0v) is 28.9. The van der Waals surface area contributed by atoms with E-state index in [1.807, 2.05) is 0 Å². The molecule has 0 bridgehead atoms. The summed E-state index contributed by atoms with van der Waals surface area (Å²) in [6.07, 6.45) is 3.01. The molecule has 8 rings (SSSR count). The van der Waals surface area contributed by atoms with Crippen LogP contribution in [0.4, 0.5) is 0 Å². The van der Waals surface area contributed by atoms with Crippen molar-refractivity contribution in [3.05, 3.63) is 188 Å². The first-order chi connectivity index (χ1) is 24.2. The predicted molar refractivity (Wildman–Crippen MR) is 214 cm³/mol. The van der Waals surface area contributed by atoms with E-state index in [9.17, 15) is 0 Å². The fraction of sp³-hybridized carbons (Fsp3) is 0.106. The molecule has 0 saturated carbocycles. The molecule has 49 heavy (non-hydrogen) atoms. The molecule has 0 amide bonds. The van der Waals surface area contributed by atoms with Crippen molar-refractivity contribution in [1.29, 1.82) is 0 Å². The van der Waals surface area contributed by atoms with Gasteiger partial charge in [-0.05, 0) is 0 Å². The molecule has 0 N–H and O–H groups in total. The van der Waals surface area contributed by atoms with Crippen LogP contribution in [-0.4, -0.2) is 6.61 Å². The van der Waals surface area contributed by atoms with Crippen molar-refractivity contribution in [2.24, 2.45) is 0 Å². The summed E-state index contributed by atoms with van der Waals surface area (Å²) in [6, 6.07) is 68.3. The van der Waals surface area contributed by atoms with Gasteiger partial charge in [-0.2, -0.15) is 0 Å². The van der Waals surface area contributed by atoms with Gasteiger partial charge in [-0.15, -0.1) is 0 Å². The van der Waals surface area contributed by atoms with Crippen molar-refractivity contribution in [2.45, 2.75) is 25.9 Å². The van der Waals surface area contributed by atoms with Crippen molar-refractivity contribution < 1.29 is 4.74 Å². The third-order valence-electron chi connectivity index (χ3n) is 10.4. The summed E-state index contributed by atoms with van der Waals surface area (Å²) in [4.78, 5) is 0. The molecule has 1 nitrogen and oxygen atoms in total. The zero-order valence-electron chi connectivity index (χ0n) is 28.0. The third-order valence-corrected chi connectivity index (χ3v) is 17.2. The van der Waals surface area contributed by atoms with E-state index in [4.69, 9.17) is 4.74 Å². The Morgan fingerprint density at radius 3 is 1.59 bits per heavy atom.